The zero-order valence-corrected chi connectivity index (χ0v) is 15.9. The first-order chi connectivity index (χ1) is 9.44. The number of sulfonamides is 1. The summed E-state index contributed by atoms with van der Waals surface area (Å²) < 4.78 is 29.3. The largest absolute Gasteiger partial charge is 0.242 e. The molecule has 3 nitrogen and oxygen atoms in total. The zero-order chi connectivity index (χ0) is 14.8. The highest BCUT2D eigenvalue weighted by Gasteiger charge is 2.31. The van der Waals surface area contributed by atoms with Crippen molar-refractivity contribution >= 4 is 53.6 Å². The van der Waals surface area contributed by atoms with Gasteiger partial charge < -0.3 is 0 Å². The maximum absolute atomic E-state index is 12.5. The van der Waals surface area contributed by atoms with Crippen LogP contribution in [0.15, 0.2) is 32.0 Å². The first kappa shape index (κ1) is 16.8. The predicted molar refractivity (Wildman–Crippen MR) is 91.7 cm³/mol. The average Bonchev–Trinajstić information content (AvgIpc) is 2.79. The van der Waals surface area contributed by atoms with Crippen molar-refractivity contribution in [2.75, 3.05) is 5.75 Å². The van der Waals surface area contributed by atoms with Crippen LogP contribution in [0.5, 0.6) is 0 Å². The van der Waals surface area contributed by atoms with E-state index in [4.69, 9.17) is 0 Å². The van der Waals surface area contributed by atoms with E-state index in [-0.39, 0.29) is 6.04 Å². The van der Waals surface area contributed by atoms with Crippen LogP contribution in [-0.2, 0) is 10.0 Å². The molecule has 2 unspecified atom stereocenters. The molecular weight excluding hydrogens is 426 g/mol. The van der Waals surface area contributed by atoms with Gasteiger partial charge in [-0.1, -0.05) is 29.3 Å². The fraction of sp³-hybridized carbons (Fsp3) is 0.538. The van der Waals surface area contributed by atoms with Gasteiger partial charge in [0.2, 0.25) is 10.0 Å². The number of thioether (sulfide) groups is 1. The van der Waals surface area contributed by atoms with Gasteiger partial charge in [-0.2, -0.15) is 11.8 Å². The van der Waals surface area contributed by atoms with Crippen molar-refractivity contribution in [3.63, 3.8) is 0 Å². The molecule has 2 rings (SSSR count). The minimum absolute atomic E-state index is 0.0378. The van der Waals surface area contributed by atoms with Gasteiger partial charge in [-0.15, -0.1) is 0 Å². The second-order valence-electron chi connectivity index (χ2n) is 4.73. The predicted octanol–water partition coefficient (Wildman–Crippen LogP) is 4.16. The fourth-order valence-electron chi connectivity index (χ4n) is 2.42. The van der Waals surface area contributed by atoms with Crippen molar-refractivity contribution in [3.05, 3.63) is 27.1 Å². The highest BCUT2D eigenvalue weighted by Crippen LogP contribution is 2.32. The highest BCUT2D eigenvalue weighted by atomic mass is 79.9. The maximum atomic E-state index is 12.5. The second-order valence-corrected chi connectivity index (χ2v) is 9.70. The number of benzene rings is 1. The Hall–Kier alpha value is 0.440. The minimum atomic E-state index is -3.49. The molecule has 1 aromatic rings. The summed E-state index contributed by atoms with van der Waals surface area (Å²) in [6, 6.07) is 5.22. The molecule has 1 N–H and O–H groups in total. The molecule has 20 heavy (non-hydrogen) atoms. The normalized spacial score (nSPS) is 23.1. The van der Waals surface area contributed by atoms with Gasteiger partial charge in [-0.3, -0.25) is 0 Å². The molecule has 0 aromatic heterocycles. The molecule has 0 aliphatic heterocycles. The molecular formula is C13H17Br2NO2S2. The quantitative estimate of drug-likeness (QED) is 0.744. The fourth-order valence-corrected chi connectivity index (χ4v) is 6.52. The molecule has 0 heterocycles. The molecule has 1 aromatic carbocycles. The lowest BCUT2D eigenvalue weighted by molar-refractivity contribution is 0.554. The minimum Gasteiger partial charge on any atom is -0.207 e. The van der Waals surface area contributed by atoms with E-state index in [0.29, 0.717) is 14.6 Å². The van der Waals surface area contributed by atoms with Crippen LogP contribution in [0.4, 0.5) is 0 Å². The van der Waals surface area contributed by atoms with Crippen LogP contribution in [0.3, 0.4) is 0 Å². The molecule has 2 atom stereocenters. The third kappa shape index (κ3) is 4.00. The smallest absolute Gasteiger partial charge is 0.207 e. The summed E-state index contributed by atoms with van der Waals surface area (Å²) in [6.07, 6.45) is 3.10. The van der Waals surface area contributed by atoms with Gasteiger partial charge in [0.1, 0.15) is 0 Å². The second kappa shape index (κ2) is 7.13. The van der Waals surface area contributed by atoms with Crippen LogP contribution in [-0.4, -0.2) is 25.5 Å². The van der Waals surface area contributed by atoms with Crippen LogP contribution in [0.2, 0.25) is 0 Å². The topological polar surface area (TPSA) is 46.2 Å². The monoisotopic (exact) mass is 441 g/mol. The van der Waals surface area contributed by atoms with E-state index in [1.165, 1.54) is 0 Å². The van der Waals surface area contributed by atoms with E-state index in [2.05, 4.69) is 43.5 Å². The molecule has 0 bridgehead atoms. The first-order valence-electron chi connectivity index (χ1n) is 6.53. The van der Waals surface area contributed by atoms with E-state index in [9.17, 15) is 8.42 Å². The number of hydrogen-bond donors (Lipinski definition) is 1. The Balaban J connectivity index is 2.20. The van der Waals surface area contributed by atoms with Crippen LogP contribution < -0.4 is 4.72 Å². The van der Waals surface area contributed by atoms with Crippen molar-refractivity contribution < 1.29 is 8.42 Å². The van der Waals surface area contributed by atoms with Gasteiger partial charge in [0.25, 0.3) is 0 Å². The van der Waals surface area contributed by atoms with Crippen LogP contribution in [0.1, 0.15) is 26.2 Å². The summed E-state index contributed by atoms with van der Waals surface area (Å²) in [5, 5.41) is 0.390. The van der Waals surface area contributed by atoms with Crippen LogP contribution >= 0.6 is 43.6 Å². The van der Waals surface area contributed by atoms with E-state index in [1.54, 1.807) is 12.1 Å². The average molecular weight is 443 g/mol. The van der Waals surface area contributed by atoms with Crippen molar-refractivity contribution in [1.82, 2.24) is 4.72 Å². The first-order valence-corrected chi connectivity index (χ1v) is 10.6. The molecule has 1 fully saturated rings. The van der Waals surface area contributed by atoms with Gasteiger partial charge >= 0.3 is 0 Å². The van der Waals surface area contributed by atoms with Gasteiger partial charge in [0.05, 0.1) is 4.90 Å². The Morgan fingerprint density at radius 3 is 2.80 bits per heavy atom. The lowest BCUT2D eigenvalue weighted by Crippen LogP contribution is -2.38. The lowest BCUT2D eigenvalue weighted by Gasteiger charge is -2.20. The van der Waals surface area contributed by atoms with Crippen LogP contribution in [0, 0.1) is 0 Å². The molecule has 112 valence electrons. The van der Waals surface area contributed by atoms with E-state index < -0.39 is 10.0 Å². The van der Waals surface area contributed by atoms with Crippen molar-refractivity contribution in [2.24, 2.45) is 0 Å². The number of halogens is 2. The van der Waals surface area contributed by atoms with Gasteiger partial charge in [-0.25, -0.2) is 13.1 Å². The Morgan fingerprint density at radius 2 is 2.10 bits per heavy atom. The third-order valence-corrected chi connectivity index (χ3v) is 7.63. The van der Waals surface area contributed by atoms with E-state index >= 15 is 0 Å². The number of rotatable bonds is 5. The summed E-state index contributed by atoms with van der Waals surface area (Å²) in [5.74, 6) is 1.02. The Kier molecular flexibility index (Phi) is 5.99. The summed E-state index contributed by atoms with van der Waals surface area (Å²) in [5.41, 5.74) is 0. The molecule has 0 amide bonds. The van der Waals surface area contributed by atoms with E-state index in [0.717, 1.165) is 29.5 Å². The van der Waals surface area contributed by atoms with Crippen LogP contribution in [0.25, 0.3) is 0 Å². The molecule has 1 aliphatic rings. The van der Waals surface area contributed by atoms with Gasteiger partial charge in [-0.05, 0) is 52.7 Å². The molecule has 0 saturated heterocycles. The van der Waals surface area contributed by atoms with Crippen molar-refractivity contribution in [2.45, 2.75) is 42.4 Å². The van der Waals surface area contributed by atoms with Crippen molar-refractivity contribution in [3.8, 4) is 0 Å². The summed E-state index contributed by atoms with van der Waals surface area (Å²) in [4.78, 5) is 0.291. The summed E-state index contributed by atoms with van der Waals surface area (Å²) >= 11 is 8.48. The Labute approximate surface area is 141 Å². The van der Waals surface area contributed by atoms with Gasteiger partial charge in [0.15, 0.2) is 0 Å². The third-order valence-electron chi connectivity index (χ3n) is 3.32. The molecule has 7 heteroatoms. The Bertz CT molecular complexity index is 578. The number of nitrogens with one attached hydrogen (secondary N) is 1. The Morgan fingerprint density at radius 1 is 1.35 bits per heavy atom. The van der Waals surface area contributed by atoms with Gasteiger partial charge in [0, 0.05) is 20.2 Å². The molecule has 1 saturated carbocycles. The highest BCUT2D eigenvalue weighted by molar-refractivity contribution is 9.11. The number of hydrogen-bond acceptors (Lipinski definition) is 3. The summed E-state index contributed by atoms with van der Waals surface area (Å²) in [6.45, 7) is 2.11. The molecule has 1 aliphatic carbocycles. The molecule has 0 spiro atoms. The zero-order valence-electron chi connectivity index (χ0n) is 11.1. The SMILES string of the molecule is CCSC1CCCC1NS(=O)(=O)c1cc(Br)ccc1Br. The lowest BCUT2D eigenvalue weighted by atomic mass is 10.3. The van der Waals surface area contributed by atoms with E-state index in [1.807, 2.05) is 17.8 Å². The van der Waals surface area contributed by atoms with Crippen molar-refractivity contribution in [1.29, 1.82) is 0 Å². The molecule has 0 radical (unpaired) electrons. The maximum Gasteiger partial charge on any atom is 0.242 e. The standard InChI is InChI=1S/C13H17Br2NO2S2/c1-2-19-12-5-3-4-11(12)16-20(17,18)13-8-9(14)6-7-10(13)15/h6-8,11-12,16H,2-5H2,1H3. The summed E-state index contributed by atoms with van der Waals surface area (Å²) in [7, 11) is -3.49.